The van der Waals surface area contributed by atoms with Gasteiger partial charge in [0.25, 0.3) is 11.5 Å². The molecule has 3 heterocycles. The molecule has 2 aliphatic rings. The summed E-state index contributed by atoms with van der Waals surface area (Å²) < 4.78 is 3.11. The number of aliphatic hydroxyl groups is 1. The van der Waals surface area contributed by atoms with Gasteiger partial charge in [-0.25, -0.2) is 4.98 Å². The lowest BCUT2D eigenvalue weighted by atomic mass is 9.89. The van der Waals surface area contributed by atoms with Crippen molar-refractivity contribution in [2.75, 3.05) is 17.7 Å². The van der Waals surface area contributed by atoms with Crippen molar-refractivity contribution in [3.63, 3.8) is 0 Å². The fraction of sp³-hybridized carbons (Fsp3) is 0.400. The molecule has 0 aliphatic heterocycles. The molecule has 10 nitrogen and oxygen atoms in total. The molecule has 3 aromatic heterocycles. The number of nitrogens with one attached hydrogen (secondary N) is 3. The minimum absolute atomic E-state index is 0.199. The van der Waals surface area contributed by atoms with Crippen molar-refractivity contribution in [3.05, 3.63) is 46.5 Å². The Bertz CT molecular complexity index is 1180. The van der Waals surface area contributed by atoms with Crippen LogP contribution in [0.25, 0.3) is 5.65 Å². The molecule has 3 aromatic rings. The van der Waals surface area contributed by atoms with Gasteiger partial charge in [-0.2, -0.15) is 9.61 Å². The van der Waals surface area contributed by atoms with Crippen LogP contribution in [-0.4, -0.2) is 49.4 Å². The van der Waals surface area contributed by atoms with E-state index in [0.29, 0.717) is 35.0 Å². The van der Waals surface area contributed by atoms with Gasteiger partial charge in [-0.3, -0.25) is 9.59 Å². The molecule has 0 radical (unpaired) electrons. The Morgan fingerprint density at radius 3 is 2.77 bits per heavy atom. The van der Waals surface area contributed by atoms with Crippen LogP contribution in [0, 0.1) is 0 Å². The Balaban J connectivity index is 1.51. The number of amides is 1. The van der Waals surface area contributed by atoms with Crippen molar-refractivity contribution in [2.24, 2.45) is 0 Å². The van der Waals surface area contributed by atoms with Crippen LogP contribution in [0.5, 0.6) is 0 Å². The van der Waals surface area contributed by atoms with Crippen molar-refractivity contribution in [2.45, 2.75) is 43.9 Å². The Morgan fingerprint density at radius 2 is 2.10 bits per heavy atom. The van der Waals surface area contributed by atoms with Crippen molar-refractivity contribution in [1.82, 2.24) is 24.5 Å². The molecule has 10 heteroatoms. The van der Waals surface area contributed by atoms with Crippen LogP contribution in [0.15, 0.2) is 35.4 Å². The van der Waals surface area contributed by atoms with E-state index in [2.05, 4.69) is 26.0 Å². The number of pyridine rings is 1. The maximum atomic E-state index is 12.9. The van der Waals surface area contributed by atoms with Crippen LogP contribution in [0.4, 0.5) is 17.3 Å². The number of aliphatic hydroxyl groups excluding tert-OH is 1. The van der Waals surface area contributed by atoms with Crippen molar-refractivity contribution in [3.8, 4) is 0 Å². The number of hydrogen-bond donors (Lipinski definition) is 4. The van der Waals surface area contributed by atoms with Crippen molar-refractivity contribution >= 4 is 28.9 Å². The Morgan fingerprint density at radius 1 is 1.27 bits per heavy atom. The highest BCUT2D eigenvalue weighted by Gasteiger charge is 2.31. The Labute approximate surface area is 171 Å². The zero-order valence-electron chi connectivity index (χ0n) is 16.5. The summed E-state index contributed by atoms with van der Waals surface area (Å²) in [6, 6.07) is 5.18. The van der Waals surface area contributed by atoms with E-state index in [4.69, 9.17) is 0 Å². The Kier molecular flexibility index (Phi) is 4.43. The first-order valence-corrected chi connectivity index (χ1v) is 10.1. The van der Waals surface area contributed by atoms with Gasteiger partial charge >= 0.3 is 0 Å². The van der Waals surface area contributed by atoms with E-state index in [1.54, 1.807) is 40.5 Å². The second-order valence-electron chi connectivity index (χ2n) is 7.79. The normalized spacial score (nSPS) is 20.6. The third-order valence-electron chi connectivity index (χ3n) is 5.68. The summed E-state index contributed by atoms with van der Waals surface area (Å²) in [4.78, 5) is 30.0. The van der Waals surface area contributed by atoms with Gasteiger partial charge in [0.15, 0.2) is 5.65 Å². The van der Waals surface area contributed by atoms with E-state index in [-0.39, 0.29) is 23.6 Å². The van der Waals surface area contributed by atoms with Gasteiger partial charge in [-0.15, -0.1) is 0 Å². The lowest BCUT2D eigenvalue weighted by Crippen LogP contribution is -2.39. The number of fused-ring (bicyclic) bond motifs is 1. The summed E-state index contributed by atoms with van der Waals surface area (Å²) in [5.74, 6) is 0.829. The average molecular weight is 409 g/mol. The van der Waals surface area contributed by atoms with Crippen LogP contribution < -0.4 is 21.5 Å². The Hall–Kier alpha value is -3.40. The molecule has 0 aromatic carbocycles. The highest BCUT2D eigenvalue weighted by atomic mass is 16.3. The monoisotopic (exact) mass is 409 g/mol. The number of rotatable bonds is 6. The molecule has 2 aliphatic carbocycles. The number of aromatic nitrogens is 4. The van der Waals surface area contributed by atoms with Crippen molar-refractivity contribution < 1.29 is 9.90 Å². The van der Waals surface area contributed by atoms with Crippen molar-refractivity contribution in [1.29, 1.82) is 0 Å². The highest BCUT2D eigenvalue weighted by Crippen LogP contribution is 2.31. The highest BCUT2D eigenvalue weighted by molar-refractivity contribution is 6.00. The molecule has 30 heavy (non-hydrogen) atoms. The van der Waals surface area contributed by atoms with E-state index in [0.717, 1.165) is 19.3 Å². The van der Waals surface area contributed by atoms with E-state index < -0.39 is 6.10 Å². The number of anilines is 3. The van der Waals surface area contributed by atoms with Gasteiger partial charge in [0.1, 0.15) is 22.9 Å². The summed E-state index contributed by atoms with van der Waals surface area (Å²) in [6.07, 6.45) is 6.14. The molecule has 4 N–H and O–H groups in total. The topological polar surface area (TPSA) is 126 Å². The first-order valence-electron chi connectivity index (χ1n) is 10.1. The predicted octanol–water partition coefficient (Wildman–Crippen LogP) is 1.26. The van der Waals surface area contributed by atoms with Gasteiger partial charge in [0.05, 0.1) is 18.3 Å². The van der Waals surface area contributed by atoms with Gasteiger partial charge in [-0.1, -0.05) is 0 Å². The number of nitrogens with zero attached hydrogens (tertiary/aromatic N) is 4. The second-order valence-corrected chi connectivity index (χ2v) is 7.79. The standard InChI is InChI=1S/C20H23N7O3/c1-21-17-9-16(24-13-3-2-8-26(20(13)30)14-6-7-15(14)28)25-18-12(10-22-27(17)18)19(29)23-11-4-5-11/h2-3,8-11,14-15,21,28H,4-7H2,1H3,(H,23,29)(H,24,25)/t14-,15-/m1/s1. The zero-order chi connectivity index (χ0) is 20.8. The molecular formula is C20H23N7O3. The minimum atomic E-state index is -0.498. The average Bonchev–Trinajstić information content (AvgIpc) is 3.44. The smallest absolute Gasteiger partial charge is 0.274 e. The van der Waals surface area contributed by atoms with E-state index in [9.17, 15) is 14.7 Å². The SMILES string of the molecule is CNc1cc(Nc2cccn([C@@H]3CC[C@H]3O)c2=O)nc2c(C(=O)NC3CC3)cnn12. The maximum Gasteiger partial charge on any atom is 0.274 e. The molecule has 0 bridgehead atoms. The van der Waals surface area contributed by atoms with Crippen LogP contribution in [0.3, 0.4) is 0 Å². The lowest BCUT2D eigenvalue weighted by molar-refractivity contribution is 0.0300. The molecule has 2 atom stereocenters. The first kappa shape index (κ1) is 18.6. The molecule has 1 amide bonds. The van der Waals surface area contributed by atoms with Crippen LogP contribution in [0.1, 0.15) is 42.1 Å². The van der Waals surface area contributed by atoms with Gasteiger partial charge < -0.3 is 25.6 Å². The lowest BCUT2D eigenvalue weighted by Gasteiger charge is -2.34. The largest absolute Gasteiger partial charge is 0.391 e. The molecule has 0 saturated heterocycles. The van der Waals surface area contributed by atoms with Gasteiger partial charge in [0.2, 0.25) is 0 Å². The first-order chi connectivity index (χ1) is 14.5. The van der Waals surface area contributed by atoms with Gasteiger partial charge in [-0.05, 0) is 37.8 Å². The number of carbonyl (C=O) groups excluding carboxylic acids is 1. The summed E-state index contributed by atoms with van der Waals surface area (Å²) in [6.45, 7) is 0. The molecule has 0 spiro atoms. The number of carbonyl (C=O) groups is 1. The quantitative estimate of drug-likeness (QED) is 0.483. The summed E-state index contributed by atoms with van der Waals surface area (Å²) in [7, 11) is 1.75. The summed E-state index contributed by atoms with van der Waals surface area (Å²) in [5.41, 5.74) is 0.895. The molecule has 2 fully saturated rings. The molecular weight excluding hydrogens is 386 g/mol. The second kappa shape index (κ2) is 7.13. The number of hydrogen-bond acceptors (Lipinski definition) is 7. The molecule has 0 unspecified atom stereocenters. The minimum Gasteiger partial charge on any atom is -0.391 e. The fourth-order valence-corrected chi connectivity index (χ4v) is 3.65. The molecule has 2 saturated carbocycles. The van der Waals surface area contributed by atoms with Crippen LogP contribution >= 0.6 is 0 Å². The molecule has 156 valence electrons. The zero-order valence-corrected chi connectivity index (χ0v) is 16.5. The predicted molar refractivity (Wildman–Crippen MR) is 111 cm³/mol. The van der Waals surface area contributed by atoms with E-state index in [1.807, 2.05) is 0 Å². The third kappa shape index (κ3) is 3.18. The van der Waals surface area contributed by atoms with Crippen LogP contribution in [0.2, 0.25) is 0 Å². The van der Waals surface area contributed by atoms with Crippen LogP contribution in [-0.2, 0) is 0 Å². The van der Waals surface area contributed by atoms with Gasteiger partial charge in [0, 0.05) is 25.4 Å². The summed E-state index contributed by atoms with van der Waals surface area (Å²) in [5, 5.41) is 23.3. The maximum absolute atomic E-state index is 12.9. The molecule has 5 rings (SSSR count). The van der Waals surface area contributed by atoms with E-state index in [1.165, 1.54) is 6.20 Å². The summed E-state index contributed by atoms with van der Waals surface area (Å²) >= 11 is 0. The third-order valence-corrected chi connectivity index (χ3v) is 5.68. The van der Waals surface area contributed by atoms with E-state index >= 15 is 0 Å². The fourth-order valence-electron chi connectivity index (χ4n) is 3.65.